The van der Waals surface area contributed by atoms with Crippen molar-refractivity contribution in [2.75, 3.05) is 0 Å². The van der Waals surface area contributed by atoms with Gasteiger partial charge in [-0.15, -0.1) is 17.9 Å². The van der Waals surface area contributed by atoms with Crippen molar-refractivity contribution >= 4 is 39.5 Å². The second-order valence-corrected chi connectivity index (χ2v) is 15.2. The van der Waals surface area contributed by atoms with Gasteiger partial charge in [0.1, 0.15) is 24.6 Å². The highest BCUT2D eigenvalue weighted by Crippen LogP contribution is 2.47. The molecule has 258 valence electrons. The number of ketones is 1. The molecule has 1 aromatic heterocycles. The zero-order valence-corrected chi connectivity index (χ0v) is 29.3. The number of ether oxygens (including phenoxy) is 4. The van der Waals surface area contributed by atoms with Gasteiger partial charge in [-0.2, -0.15) is 0 Å². The number of hydrogen-bond donors (Lipinski definition) is 1. The topological polar surface area (TPSA) is 125 Å². The Bertz CT molecular complexity index is 1620. The summed E-state index contributed by atoms with van der Waals surface area (Å²) >= 11 is 1.60. The van der Waals surface area contributed by atoms with E-state index in [-0.39, 0.29) is 30.8 Å². The number of aliphatic hydroxyl groups is 1. The molecule has 9 nitrogen and oxygen atoms in total. The normalized spacial score (nSPS) is 29.8. The minimum atomic E-state index is -1.37. The van der Waals surface area contributed by atoms with Crippen molar-refractivity contribution in [1.29, 1.82) is 0 Å². The average molecular weight is 678 g/mol. The van der Waals surface area contributed by atoms with E-state index in [1.807, 2.05) is 62.4 Å². The Kier molecular flexibility index (Phi) is 11.1. The number of carbonyl (C=O) groups is 3. The molecule has 0 radical (unpaired) electrons. The summed E-state index contributed by atoms with van der Waals surface area (Å²) < 4.78 is 24.7. The number of allylic oxidation sites excluding steroid dienone is 1. The monoisotopic (exact) mass is 677 g/mol. The Morgan fingerprint density at radius 3 is 2.65 bits per heavy atom. The standard InChI is InChI=1S/C38H47NO8S/c1-7-12-27-34(46-36(43)44-22-25-14-9-8-10-15-25)23(2)13-11-18-38(6)32(47-38)20-29(26-16-17-30-28(19-26)39-24(3)48-30)45-33(41)21-31(40)37(4,5)35(27)42/h7-10,14-17,19,23,27,29,31-32,34,40H,1,11-13,18,20-22H2,2-6H3/t23-,27+,29-,31-,32-,34-,38+/m0/s1. The fourth-order valence-corrected chi connectivity index (χ4v) is 7.55. The van der Waals surface area contributed by atoms with Crippen LogP contribution in [0.5, 0.6) is 0 Å². The third-order valence-corrected chi connectivity index (χ3v) is 10.9. The molecule has 0 spiro atoms. The summed E-state index contributed by atoms with van der Waals surface area (Å²) in [6, 6.07) is 15.2. The second-order valence-electron chi connectivity index (χ2n) is 14.0. The fraction of sp³-hybridized carbons (Fsp3) is 0.526. The number of cyclic esters (lactones) is 1. The number of aryl methyl sites for hydroxylation is 1. The number of Topliss-reactive ketones (excluding diaryl/α,β-unsaturated/α-hetero) is 1. The van der Waals surface area contributed by atoms with Gasteiger partial charge in [-0.1, -0.05) is 69.7 Å². The Labute approximate surface area is 286 Å². The van der Waals surface area contributed by atoms with Crippen molar-refractivity contribution in [2.45, 2.75) is 110 Å². The summed E-state index contributed by atoms with van der Waals surface area (Å²) in [7, 11) is 0. The number of rotatable bonds is 6. The summed E-state index contributed by atoms with van der Waals surface area (Å²) in [6.45, 7) is 13.1. The highest BCUT2D eigenvalue weighted by Gasteiger charge is 2.53. The van der Waals surface area contributed by atoms with Gasteiger partial charge in [0.15, 0.2) is 0 Å². The van der Waals surface area contributed by atoms with E-state index in [0.29, 0.717) is 12.8 Å². The van der Waals surface area contributed by atoms with Crippen molar-refractivity contribution in [3.63, 3.8) is 0 Å². The quantitative estimate of drug-likeness (QED) is 0.158. The highest BCUT2D eigenvalue weighted by atomic mass is 32.1. The summed E-state index contributed by atoms with van der Waals surface area (Å²) in [6.07, 6.45) is 0.216. The predicted molar refractivity (Wildman–Crippen MR) is 183 cm³/mol. The van der Waals surface area contributed by atoms with Crippen LogP contribution in [-0.4, -0.2) is 51.9 Å². The van der Waals surface area contributed by atoms with E-state index >= 15 is 0 Å². The lowest BCUT2D eigenvalue weighted by Crippen LogP contribution is -2.47. The van der Waals surface area contributed by atoms with Gasteiger partial charge < -0.3 is 24.1 Å². The number of thiazole rings is 1. The van der Waals surface area contributed by atoms with Crippen LogP contribution >= 0.6 is 11.3 Å². The first kappa shape index (κ1) is 35.7. The molecule has 2 aliphatic heterocycles. The van der Waals surface area contributed by atoms with Crippen LogP contribution in [0.3, 0.4) is 0 Å². The number of hydrogen-bond acceptors (Lipinski definition) is 10. The molecule has 2 aromatic carbocycles. The SMILES string of the molecule is C=CC[C@H]1C(=O)C(C)(C)[C@@H](O)CC(=O)O[C@H](c2ccc3sc(C)nc3c2)C[C@@H]2O[C@]2(C)CCC[C@H](C)[C@@H]1OC(=O)OCc1ccccc1. The fourth-order valence-electron chi connectivity index (χ4n) is 6.74. The molecular formula is C38H47NO8S. The van der Waals surface area contributed by atoms with Gasteiger partial charge in [-0.05, 0) is 62.3 Å². The second kappa shape index (κ2) is 14.9. The number of epoxide rings is 1. The first-order valence-corrected chi connectivity index (χ1v) is 17.6. The van der Waals surface area contributed by atoms with Crippen LogP contribution in [0.15, 0.2) is 61.2 Å². The van der Waals surface area contributed by atoms with Gasteiger partial charge in [0, 0.05) is 6.42 Å². The number of aliphatic hydroxyl groups excluding tert-OH is 1. The number of aromatic nitrogens is 1. The molecule has 0 unspecified atom stereocenters. The van der Waals surface area contributed by atoms with Crippen molar-refractivity contribution < 1.29 is 38.4 Å². The Morgan fingerprint density at radius 1 is 1.17 bits per heavy atom. The molecule has 48 heavy (non-hydrogen) atoms. The summed E-state index contributed by atoms with van der Waals surface area (Å²) in [5, 5.41) is 12.4. The van der Waals surface area contributed by atoms with Crippen LogP contribution in [0, 0.1) is 24.2 Å². The molecule has 0 amide bonds. The van der Waals surface area contributed by atoms with Gasteiger partial charge in [0.05, 0.1) is 50.8 Å². The molecule has 7 atom stereocenters. The molecule has 0 bridgehead atoms. The lowest BCUT2D eigenvalue weighted by Gasteiger charge is -2.37. The Hall–Kier alpha value is -3.60. The van der Waals surface area contributed by atoms with Crippen LogP contribution in [0.4, 0.5) is 4.79 Å². The van der Waals surface area contributed by atoms with Crippen molar-refractivity contribution in [2.24, 2.45) is 17.3 Å². The van der Waals surface area contributed by atoms with Gasteiger partial charge in [0.2, 0.25) is 0 Å². The maximum atomic E-state index is 14.3. The van der Waals surface area contributed by atoms with Crippen LogP contribution in [0.1, 0.15) is 88.5 Å². The van der Waals surface area contributed by atoms with E-state index in [9.17, 15) is 19.5 Å². The minimum absolute atomic E-state index is 0.0303. The number of carbonyl (C=O) groups excluding carboxylic acids is 3. The van der Waals surface area contributed by atoms with Crippen LogP contribution in [0.25, 0.3) is 10.2 Å². The largest absolute Gasteiger partial charge is 0.508 e. The van der Waals surface area contributed by atoms with E-state index in [1.165, 1.54) is 0 Å². The minimum Gasteiger partial charge on any atom is -0.457 e. The maximum Gasteiger partial charge on any atom is 0.508 e. The van der Waals surface area contributed by atoms with Crippen molar-refractivity contribution in [3.05, 3.63) is 77.3 Å². The Balaban J connectivity index is 1.39. The molecule has 10 heteroatoms. The van der Waals surface area contributed by atoms with E-state index < -0.39 is 53.8 Å². The molecule has 2 saturated heterocycles. The average Bonchev–Trinajstić information content (AvgIpc) is 3.52. The van der Waals surface area contributed by atoms with Crippen LogP contribution < -0.4 is 0 Å². The molecule has 5 rings (SSSR count). The maximum absolute atomic E-state index is 14.3. The molecule has 2 aliphatic rings. The number of esters is 1. The summed E-state index contributed by atoms with van der Waals surface area (Å²) in [5.74, 6) is -2.00. The zero-order valence-electron chi connectivity index (χ0n) is 28.5. The smallest absolute Gasteiger partial charge is 0.457 e. The third kappa shape index (κ3) is 8.33. The van der Waals surface area contributed by atoms with Crippen molar-refractivity contribution in [1.82, 2.24) is 4.98 Å². The Morgan fingerprint density at radius 2 is 1.92 bits per heavy atom. The van der Waals surface area contributed by atoms with E-state index in [0.717, 1.165) is 39.2 Å². The molecule has 1 N–H and O–H groups in total. The van der Waals surface area contributed by atoms with Gasteiger partial charge >= 0.3 is 12.1 Å². The summed E-state index contributed by atoms with van der Waals surface area (Å²) in [4.78, 5) is 45.4. The van der Waals surface area contributed by atoms with Crippen LogP contribution in [-0.2, 0) is 35.1 Å². The number of nitrogens with zero attached hydrogens (tertiary/aromatic N) is 1. The molecule has 2 fully saturated rings. The molecule has 0 aliphatic carbocycles. The first-order valence-electron chi connectivity index (χ1n) is 16.8. The van der Waals surface area contributed by atoms with Crippen molar-refractivity contribution in [3.8, 4) is 0 Å². The summed E-state index contributed by atoms with van der Waals surface area (Å²) in [5.41, 5.74) is 0.676. The molecule has 3 aromatic rings. The van der Waals surface area contributed by atoms with Gasteiger partial charge in [0.25, 0.3) is 0 Å². The zero-order chi connectivity index (χ0) is 34.6. The number of benzene rings is 2. The van der Waals surface area contributed by atoms with Gasteiger partial charge in [-0.25, -0.2) is 9.78 Å². The van der Waals surface area contributed by atoms with E-state index in [1.54, 1.807) is 31.3 Å². The lowest BCUT2D eigenvalue weighted by molar-refractivity contribution is -0.156. The molecule has 3 heterocycles. The molecule has 0 saturated carbocycles. The van der Waals surface area contributed by atoms with Crippen LogP contribution in [0.2, 0.25) is 0 Å². The number of fused-ring (bicyclic) bond motifs is 2. The highest BCUT2D eigenvalue weighted by molar-refractivity contribution is 7.18. The lowest BCUT2D eigenvalue weighted by atomic mass is 9.71. The molecular weight excluding hydrogens is 630 g/mol. The van der Waals surface area contributed by atoms with E-state index in [4.69, 9.17) is 18.9 Å². The predicted octanol–water partition coefficient (Wildman–Crippen LogP) is 7.82. The van der Waals surface area contributed by atoms with Gasteiger partial charge in [-0.3, -0.25) is 9.59 Å². The van der Waals surface area contributed by atoms with E-state index in [2.05, 4.69) is 18.5 Å². The third-order valence-electron chi connectivity index (χ3n) is 9.93. The first-order chi connectivity index (χ1) is 22.8.